The molecule has 0 amide bonds. The molecule has 0 unspecified atom stereocenters. The highest BCUT2D eigenvalue weighted by molar-refractivity contribution is 5.46. The van der Waals surface area contributed by atoms with E-state index in [0.29, 0.717) is 13.1 Å². The van der Waals surface area contributed by atoms with Crippen LogP contribution >= 0.6 is 0 Å². The van der Waals surface area contributed by atoms with E-state index in [1.54, 1.807) is 18.3 Å². The van der Waals surface area contributed by atoms with Crippen molar-refractivity contribution in [1.82, 2.24) is 4.98 Å². The van der Waals surface area contributed by atoms with Crippen molar-refractivity contribution in [2.45, 2.75) is 19.9 Å². The molecule has 20 heavy (non-hydrogen) atoms. The summed E-state index contributed by atoms with van der Waals surface area (Å²) in [5.74, 6) is -0.221. The van der Waals surface area contributed by atoms with Crippen molar-refractivity contribution in [3.63, 3.8) is 0 Å². The predicted octanol–water partition coefficient (Wildman–Crippen LogP) is 2.88. The number of anilines is 1. The molecule has 0 saturated carbocycles. The highest BCUT2D eigenvalue weighted by Crippen LogP contribution is 2.18. The first-order valence-corrected chi connectivity index (χ1v) is 6.82. The number of hydrogen-bond donors (Lipinski definition) is 1. The number of hydrogen-bond acceptors (Lipinski definition) is 3. The molecule has 1 aromatic carbocycles. The molecule has 4 heteroatoms. The minimum atomic E-state index is -0.221. The summed E-state index contributed by atoms with van der Waals surface area (Å²) in [6.45, 7) is 4.23. The van der Waals surface area contributed by atoms with Gasteiger partial charge in [-0.15, -0.1) is 0 Å². The maximum atomic E-state index is 13.0. The van der Waals surface area contributed by atoms with Gasteiger partial charge in [-0.3, -0.25) is 4.98 Å². The van der Waals surface area contributed by atoms with Crippen molar-refractivity contribution in [3.8, 4) is 0 Å². The fourth-order valence-electron chi connectivity index (χ4n) is 2.10. The van der Waals surface area contributed by atoms with Gasteiger partial charge in [-0.2, -0.15) is 0 Å². The van der Waals surface area contributed by atoms with Gasteiger partial charge in [0, 0.05) is 18.4 Å². The van der Waals surface area contributed by atoms with Crippen LogP contribution in [0.4, 0.5) is 10.1 Å². The second-order valence-electron chi connectivity index (χ2n) is 4.81. The fourth-order valence-corrected chi connectivity index (χ4v) is 2.10. The van der Waals surface area contributed by atoms with E-state index in [0.717, 1.165) is 29.9 Å². The van der Waals surface area contributed by atoms with Crippen molar-refractivity contribution in [2.75, 3.05) is 18.0 Å². The molecule has 2 aromatic rings. The van der Waals surface area contributed by atoms with Crippen molar-refractivity contribution in [1.29, 1.82) is 0 Å². The van der Waals surface area contributed by atoms with Crippen LogP contribution in [0, 0.1) is 12.7 Å². The lowest BCUT2D eigenvalue weighted by Gasteiger charge is -2.25. The van der Waals surface area contributed by atoms with Crippen LogP contribution in [-0.2, 0) is 6.54 Å². The number of nitrogens with two attached hydrogens (primary N) is 1. The van der Waals surface area contributed by atoms with E-state index < -0.39 is 0 Å². The van der Waals surface area contributed by atoms with Gasteiger partial charge in [0.2, 0.25) is 0 Å². The lowest BCUT2D eigenvalue weighted by molar-refractivity contribution is 0.627. The molecule has 2 rings (SSSR count). The minimum absolute atomic E-state index is 0.221. The van der Waals surface area contributed by atoms with Gasteiger partial charge in [0.1, 0.15) is 5.82 Å². The first-order valence-electron chi connectivity index (χ1n) is 6.82. The van der Waals surface area contributed by atoms with Gasteiger partial charge in [0.05, 0.1) is 12.2 Å². The maximum Gasteiger partial charge on any atom is 0.123 e. The molecule has 0 radical (unpaired) electrons. The zero-order valence-electron chi connectivity index (χ0n) is 11.7. The lowest BCUT2D eigenvalue weighted by atomic mass is 10.2. The molecule has 106 valence electrons. The highest BCUT2D eigenvalue weighted by Gasteiger charge is 2.09. The summed E-state index contributed by atoms with van der Waals surface area (Å²) < 4.78 is 13.0. The summed E-state index contributed by atoms with van der Waals surface area (Å²) in [6, 6.07) is 10.5. The van der Waals surface area contributed by atoms with Crippen molar-refractivity contribution in [2.24, 2.45) is 5.73 Å². The van der Waals surface area contributed by atoms with Crippen molar-refractivity contribution >= 4 is 5.69 Å². The van der Waals surface area contributed by atoms with Gasteiger partial charge in [-0.1, -0.05) is 6.07 Å². The Balaban J connectivity index is 2.19. The van der Waals surface area contributed by atoms with Gasteiger partial charge in [-0.05, 0) is 55.8 Å². The molecule has 2 N–H and O–H groups in total. The van der Waals surface area contributed by atoms with Gasteiger partial charge < -0.3 is 10.6 Å². The average Bonchev–Trinajstić information content (AvgIpc) is 2.46. The van der Waals surface area contributed by atoms with Crippen molar-refractivity contribution in [3.05, 3.63) is 59.7 Å². The largest absolute Gasteiger partial charge is 0.366 e. The third kappa shape index (κ3) is 3.78. The van der Waals surface area contributed by atoms with Gasteiger partial charge in [-0.25, -0.2) is 4.39 Å². The predicted molar refractivity (Wildman–Crippen MR) is 80.1 cm³/mol. The summed E-state index contributed by atoms with van der Waals surface area (Å²) >= 11 is 0. The fraction of sp³-hybridized carbons (Fsp3) is 0.312. The highest BCUT2D eigenvalue weighted by atomic mass is 19.1. The first-order chi connectivity index (χ1) is 9.70. The number of aryl methyl sites for hydroxylation is 1. The van der Waals surface area contributed by atoms with E-state index in [1.165, 1.54) is 12.1 Å². The Morgan fingerprint density at radius 2 is 1.95 bits per heavy atom. The van der Waals surface area contributed by atoms with Crippen LogP contribution in [0.3, 0.4) is 0 Å². The lowest BCUT2D eigenvalue weighted by Crippen LogP contribution is -2.26. The summed E-state index contributed by atoms with van der Waals surface area (Å²) in [4.78, 5) is 6.60. The van der Waals surface area contributed by atoms with Crippen LogP contribution in [0.25, 0.3) is 0 Å². The van der Waals surface area contributed by atoms with Crippen LogP contribution in [-0.4, -0.2) is 18.1 Å². The third-order valence-electron chi connectivity index (χ3n) is 3.28. The molecule has 0 aliphatic rings. The molecule has 0 bridgehead atoms. The zero-order chi connectivity index (χ0) is 14.4. The van der Waals surface area contributed by atoms with Crippen molar-refractivity contribution < 1.29 is 4.39 Å². The van der Waals surface area contributed by atoms with E-state index in [4.69, 9.17) is 5.73 Å². The number of benzene rings is 1. The summed E-state index contributed by atoms with van der Waals surface area (Å²) in [5.41, 5.74) is 8.79. The number of rotatable bonds is 6. The molecule has 0 spiro atoms. The van der Waals surface area contributed by atoms with Gasteiger partial charge in [0.15, 0.2) is 0 Å². The zero-order valence-corrected chi connectivity index (χ0v) is 11.7. The van der Waals surface area contributed by atoms with Crippen LogP contribution in [0.2, 0.25) is 0 Å². The quantitative estimate of drug-likeness (QED) is 0.880. The maximum absolute atomic E-state index is 13.0. The van der Waals surface area contributed by atoms with E-state index in [1.807, 2.05) is 19.1 Å². The Labute approximate surface area is 119 Å². The van der Waals surface area contributed by atoms with E-state index >= 15 is 0 Å². The van der Waals surface area contributed by atoms with E-state index in [-0.39, 0.29) is 5.82 Å². The number of nitrogens with zero attached hydrogens (tertiary/aromatic N) is 2. The Bertz CT molecular complexity index is 540. The number of halogens is 1. The molecular weight excluding hydrogens is 253 g/mol. The Hall–Kier alpha value is -1.94. The van der Waals surface area contributed by atoms with Crippen LogP contribution < -0.4 is 10.6 Å². The molecule has 0 fully saturated rings. The third-order valence-corrected chi connectivity index (χ3v) is 3.28. The summed E-state index contributed by atoms with van der Waals surface area (Å²) in [6.07, 6.45) is 2.69. The Morgan fingerprint density at radius 3 is 2.60 bits per heavy atom. The number of pyridine rings is 1. The Kier molecular flexibility index (Phi) is 5.07. The smallest absolute Gasteiger partial charge is 0.123 e. The summed E-state index contributed by atoms with van der Waals surface area (Å²) in [7, 11) is 0. The second kappa shape index (κ2) is 7.01. The molecule has 1 heterocycles. The van der Waals surface area contributed by atoms with Gasteiger partial charge in [0.25, 0.3) is 0 Å². The summed E-state index contributed by atoms with van der Waals surface area (Å²) in [5, 5.41) is 0. The standard InChI is InChI=1S/C16H20FN3/c1-13-4-2-10-19-16(13)12-20(11-3-9-18)15-7-5-14(17)6-8-15/h2,4-8,10H,3,9,11-12,18H2,1H3. The monoisotopic (exact) mass is 273 g/mol. The first kappa shape index (κ1) is 14.5. The average molecular weight is 273 g/mol. The number of aromatic nitrogens is 1. The molecule has 1 aromatic heterocycles. The van der Waals surface area contributed by atoms with Crippen LogP contribution in [0.15, 0.2) is 42.6 Å². The molecular formula is C16H20FN3. The molecule has 0 saturated heterocycles. The molecule has 0 atom stereocenters. The van der Waals surface area contributed by atoms with E-state index in [9.17, 15) is 4.39 Å². The minimum Gasteiger partial charge on any atom is -0.366 e. The van der Waals surface area contributed by atoms with Gasteiger partial charge >= 0.3 is 0 Å². The second-order valence-corrected chi connectivity index (χ2v) is 4.81. The molecule has 0 aliphatic heterocycles. The normalized spacial score (nSPS) is 10.6. The van der Waals surface area contributed by atoms with Crippen LogP contribution in [0.1, 0.15) is 17.7 Å². The SMILES string of the molecule is Cc1cccnc1CN(CCCN)c1ccc(F)cc1. The van der Waals surface area contributed by atoms with Crippen LogP contribution in [0.5, 0.6) is 0 Å². The molecule has 3 nitrogen and oxygen atoms in total. The van der Waals surface area contributed by atoms with E-state index in [2.05, 4.69) is 9.88 Å². The Morgan fingerprint density at radius 1 is 1.20 bits per heavy atom. The molecule has 0 aliphatic carbocycles. The topological polar surface area (TPSA) is 42.2 Å².